The van der Waals surface area contributed by atoms with Gasteiger partial charge >= 0.3 is 5.97 Å². The van der Waals surface area contributed by atoms with Crippen molar-refractivity contribution >= 4 is 17.3 Å². The highest BCUT2D eigenvalue weighted by Gasteiger charge is 2.34. The molecule has 0 bridgehead atoms. The van der Waals surface area contributed by atoms with Gasteiger partial charge in [-0.2, -0.15) is 0 Å². The fraction of sp³-hybridized carbons (Fsp3) is 0.526. The van der Waals surface area contributed by atoms with E-state index in [0.29, 0.717) is 11.5 Å². The smallest absolute Gasteiger partial charge is 0.339 e. The Morgan fingerprint density at radius 1 is 1.26 bits per heavy atom. The molecule has 3 rings (SSSR count). The molecule has 1 unspecified atom stereocenters. The van der Waals surface area contributed by atoms with E-state index >= 15 is 0 Å². The molecule has 0 saturated heterocycles. The van der Waals surface area contributed by atoms with Crippen molar-refractivity contribution in [2.75, 3.05) is 0 Å². The normalized spacial score (nSPS) is 18.0. The first-order chi connectivity index (χ1) is 10.7. The number of nitrogens with zero attached hydrogens (tertiary/aromatic N) is 1. The van der Waals surface area contributed by atoms with Crippen LogP contribution in [0, 0.1) is 25.2 Å². The molecule has 0 spiro atoms. The predicted octanol–water partition coefficient (Wildman–Crippen LogP) is 5.00. The fourth-order valence-electron chi connectivity index (χ4n) is 3.68. The summed E-state index contributed by atoms with van der Waals surface area (Å²) in [6.45, 7) is 10.9. The molecule has 2 heterocycles. The lowest BCUT2D eigenvalue weighted by atomic mass is 9.72. The second-order valence-electron chi connectivity index (χ2n) is 7.75. The van der Waals surface area contributed by atoms with Crippen LogP contribution in [0.25, 0.3) is 5.00 Å². The highest BCUT2D eigenvalue weighted by atomic mass is 32.1. The minimum atomic E-state index is -0.792. The lowest BCUT2D eigenvalue weighted by molar-refractivity contribution is 0.0695. The number of thiophene rings is 1. The van der Waals surface area contributed by atoms with Gasteiger partial charge < -0.3 is 9.67 Å². The average molecular weight is 331 g/mol. The van der Waals surface area contributed by atoms with Crippen LogP contribution in [0.4, 0.5) is 0 Å². The molecule has 2 aromatic rings. The van der Waals surface area contributed by atoms with Gasteiger partial charge in [0.2, 0.25) is 0 Å². The fourth-order valence-corrected chi connectivity index (χ4v) is 5.21. The first-order valence-corrected chi connectivity index (χ1v) is 9.05. The van der Waals surface area contributed by atoms with Crippen molar-refractivity contribution in [1.82, 2.24) is 4.57 Å². The number of carbonyl (C=O) groups is 1. The van der Waals surface area contributed by atoms with Gasteiger partial charge in [0, 0.05) is 16.3 Å². The zero-order valence-electron chi connectivity index (χ0n) is 14.6. The second-order valence-corrected chi connectivity index (χ2v) is 8.83. The molecule has 1 aliphatic carbocycles. The molecular weight excluding hydrogens is 306 g/mol. The topological polar surface area (TPSA) is 42.2 Å². The van der Waals surface area contributed by atoms with Gasteiger partial charge in [-0.25, -0.2) is 4.79 Å². The number of carboxylic acid groups (broad SMARTS) is 1. The summed E-state index contributed by atoms with van der Waals surface area (Å²) in [6.07, 6.45) is 2.97. The molecule has 0 aromatic carbocycles. The third-order valence-electron chi connectivity index (χ3n) is 5.16. The lowest BCUT2D eigenvalue weighted by Gasteiger charge is -2.33. The molecular formula is C19H25NO2S. The number of rotatable bonds is 2. The zero-order chi connectivity index (χ0) is 16.9. The second kappa shape index (κ2) is 5.52. The number of aromatic nitrogens is 1. The summed E-state index contributed by atoms with van der Waals surface area (Å²) in [5.41, 5.74) is 4.06. The van der Waals surface area contributed by atoms with Gasteiger partial charge in [-0.15, -0.1) is 11.3 Å². The third-order valence-corrected chi connectivity index (χ3v) is 6.40. The van der Waals surface area contributed by atoms with Crippen LogP contribution in [-0.4, -0.2) is 15.6 Å². The van der Waals surface area contributed by atoms with E-state index in [1.165, 1.54) is 4.88 Å². The Bertz CT molecular complexity index is 742. The Morgan fingerprint density at radius 2 is 1.87 bits per heavy atom. The summed E-state index contributed by atoms with van der Waals surface area (Å²) < 4.78 is 2.10. The molecule has 1 aliphatic rings. The Balaban J connectivity index is 2.14. The van der Waals surface area contributed by atoms with Crippen LogP contribution < -0.4 is 0 Å². The Hall–Kier alpha value is -1.55. The van der Waals surface area contributed by atoms with Crippen molar-refractivity contribution in [2.24, 2.45) is 11.3 Å². The number of carboxylic acids is 1. The van der Waals surface area contributed by atoms with Gasteiger partial charge in [-0.1, -0.05) is 20.8 Å². The first kappa shape index (κ1) is 16.3. The highest BCUT2D eigenvalue weighted by molar-refractivity contribution is 7.15. The average Bonchev–Trinajstić information content (AvgIpc) is 2.96. The van der Waals surface area contributed by atoms with Gasteiger partial charge in [0.05, 0.1) is 5.56 Å². The minimum Gasteiger partial charge on any atom is -0.478 e. The zero-order valence-corrected chi connectivity index (χ0v) is 15.4. The van der Waals surface area contributed by atoms with E-state index in [1.807, 2.05) is 13.8 Å². The quantitative estimate of drug-likeness (QED) is 0.841. The van der Waals surface area contributed by atoms with Crippen molar-refractivity contribution in [3.63, 3.8) is 0 Å². The van der Waals surface area contributed by atoms with Crippen molar-refractivity contribution in [1.29, 1.82) is 0 Å². The summed E-state index contributed by atoms with van der Waals surface area (Å²) in [7, 11) is 0. The van der Waals surface area contributed by atoms with Gasteiger partial charge in [0.25, 0.3) is 0 Å². The molecule has 1 atom stereocenters. The molecule has 23 heavy (non-hydrogen) atoms. The molecule has 2 aromatic heterocycles. The van der Waals surface area contributed by atoms with Crippen LogP contribution in [-0.2, 0) is 12.8 Å². The van der Waals surface area contributed by atoms with E-state index in [0.717, 1.165) is 41.2 Å². The minimum absolute atomic E-state index is 0.268. The van der Waals surface area contributed by atoms with Crippen LogP contribution >= 0.6 is 11.3 Å². The lowest BCUT2D eigenvalue weighted by Crippen LogP contribution is -2.26. The monoisotopic (exact) mass is 331 g/mol. The summed E-state index contributed by atoms with van der Waals surface area (Å²) in [6, 6.07) is 4.11. The predicted molar refractivity (Wildman–Crippen MR) is 95.0 cm³/mol. The van der Waals surface area contributed by atoms with E-state index in [4.69, 9.17) is 0 Å². The van der Waals surface area contributed by atoms with E-state index in [-0.39, 0.29) is 5.41 Å². The van der Waals surface area contributed by atoms with E-state index in [2.05, 4.69) is 37.5 Å². The molecule has 0 aliphatic heterocycles. The summed E-state index contributed by atoms with van der Waals surface area (Å²) in [5, 5.41) is 10.7. The Kier molecular flexibility index (Phi) is 3.91. The van der Waals surface area contributed by atoms with Crippen LogP contribution in [0.2, 0.25) is 0 Å². The van der Waals surface area contributed by atoms with Crippen LogP contribution in [0.1, 0.15) is 59.4 Å². The Morgan fingerprint density at radius 3 is 2.39 bits per heavy atom. The largest absolute Gasteiger partial charge is 0.478 e. The molecule has 0 fully saturated rings. The third kappa shape index (κ3) is 2.74. The summed E-state index contributed by atoms with van der Waals surface area (Å²) in [5.74, 6) is -0.172. The summed E-state index contributed by atoms with van der Waals surface area (Å²) in [4.78, 5) is 13.2. The molecule has 3 nitrogen and oxygen atoms in total. The molecule has 0 amide bonds. The maximum absolute atomic E-state index is 11.9. The first-order valence-electron chi connectivity index (χ1n) is 8.23. The molecule has 4 heteroatoms. The van der Waals surface area contributed by atoms with Gasteiger partial charge in [0.1, 0.15) is 5.00 Å². The van der Waals surface area contributed by atoms with E-state index in [9.17, 15) is 9.90 Å². The SMILES string of the molecule is Cc1ccc(C)n1-c1sc2c(c1C(=O)O)CCC(C(C)(C)C)C2. The number of hydrogen-bond acceptors (Lipinski definition) is 2. The van der Waals surface area contributed by atoms with Crippen LogP contribution in [0.3, 0.4) is 0 Å². The summed E-state index contributed by atoms with van der Waals surface area (Å²) >= 11 is 1.68. The van der Waals surface area contributed by atoms with Crippen LogP contribution in [0.15, 0.2) is 12.1 Å². The van der Waals surface area contributed by atoms with Gasteiger partial charge in [0.15, 0.2) is 0 Å². The number of fused-ring (bicyclic) bond motifs is 1. The van der Waals surface area contributed by atoms with Crippen molar-refractivity contribution in [3.8, 4) is 5.00 Å². The maximum atomic E-state index is 11.9. The van der Waals surface area contributed by atoms with Crippen molar-refractivity contribution < 1.29 is 9.90 Å². The molecule has 124 valence electrons. The number of hydrogen-bond donors (Lipinski definition) is 1. The van der Waals surface area contributed by atoms with Crippen molar-refractivity contribution in [3.05, 3.63) is 39.5 Å². The maximum Gasteiger partial charge on any atom is 0.339 e. The molecule has 0 radical (unpaired) electrons. The number of aryl methyl sites for hydroxylation is 2. The van der Waals surface area contributed by atoms with Crippen LogP contribution in [0.5, 0.6) is 0 Å². The molecule has 1 N–H and O–H groups in total. The van der Waals surface area contributed by atoms with Gasteiger partial charge in [-0.3, -0.25) is 0 Å². The highest BCUT2D eigenvalue weighted by Crippen LogP contribution is 2.44. The standard InChI is InChI=1S/C19H25NO2S/c1-11-6-7-12(2)20(11)17-16(18(21)22)14-9-8-13(19(3,4)5)10-15(14)23-17/h6-7,13H,8-10H2,1-5H3,(H,21,22). The van der Waals surface area contributed by atoms with E-state index < -0.39 is 5.97 Å². The van der Waals surface area contributed by atoms with Crippen molar-refractivity contribution in [2.45, 2.75) is 53.9 Å². The van der Waals surface area contributed by atoms with E-state index in [1.54, 1.807) is 11.3 Å². The molecule has 0 saturated carbocycles. The number of aromatic carboxylic acids is 1. The Labute approximate surface area is 142 Å². The van der Waals surface area contributed by atoms with Gasteiger partial charge in [-0.05, 0) is 62.1 Å².